The van der Waals surface area contributed by atoms with Gasteiger partial charge in [-0.25, -0.2) is 0 Å². The van der Waals surface area contributed by atoms with Crippen LogP contribution in [0.5, 0.6) is 5.75 Å². The molecule has 2 aromatic carbocycles. The molecular formula is C36H45BN2O5. The molecule has 2 amide bonds. The Labute approximate surface area is 261 Å². The highest BCUT2D eigenvalue weighted by Gasteiger charge is 2.58. The highest BCUT2D eigenvalue weighted by molar-refractivity contribution is 6.43. The number of allylic oxidation sites excluding steroid dienone is 2. The van der Waals surface area contributed by atoms with E-state index in [1.54, 1.807) is 17.0 Å². The molecule has 3 aliphatic heterocycles. The minimum Gasteiger partial charge on any atom is -0.508 e. The Hall–Kier alpha value is -3.20. The SMILES string of the molecule is CCCC1=C2[C@@H](CC/C(C)=C/c3ccc(O)cc3)OB(O)C[C@@H]2[C@@H]2C(=O)N(C3CCN(Cc4ccccc4)CC3)C(=O)[C@@H]2C1. The van der Waals surface area contributed by atoms with Gasteiger partial charge in [0, 0.05) is 25.7 Å². The number of phenolic OH excluding ortho intramolecular Hbond substituents is 1. The molecule has 3 fully saturated rings. The molecule has 6 rings (SSSR count). The van der Waals surface area contributed by atoms with Crippen LogP contribution in [0.4, 0.5) is 0 Å². The van der Waals surface area contributed by atoms with E-state index in [4.69, 9.17) is 4.65 Å². The van der Waals surface area contributed by atoms with E-state index in [2.05, 4.69) is 49.1 Å². The summed E-state index contributed by atoms with van der Waals surface area (Å²) in [5.41, 5.74) is 5.92. The number of carbonyl (C=O) groups is 2. The second kappa shape index (κ2) is 13.4. The first-order valence-electron chi connectivity index (χ1n) is 16.5. The Morgan fingerprint density at radius 3 is 2.45 bits per heavy atom. The van der Waals surface area contributed by atoms with E-state index < -0.39 is 13.0 Å². The van der Waals surface area contributed by atoms with E-state index in [1.165, 1.54) is 22.3 Å². The lowest BCUT2D eigenvalue weighted by molar-refractivity contribution is -0.144. The van der Waals surface area contributed by atoms with Gasteiger partial charge >= 0.3 is 7.12 Å². The van der Waals surface area contributed by atoms with Gasteiger partial charge in [0.1, 0.15) is 5.75 Å². The zero-order chi connectivity index (χ0) is 30.8. The molecule has 3 heterocycles. The van der Waals surface area contributed by atoms with E-state index in [-0.39, 0.29) is 41.5 Å². The fraction of sp³-hybridized carbons (Fsp3) is 0.500. The lowest BCUT2D eigenvalue weighted by Gasteiger charge is -2.43. The van der Waals surface area contributed by atoms with Gasteiger partial charge in [-0.2, -0.15) is 0 Å². The number of amides is 2. The topological polar surface area (TPSA) is 90.3 Å². The Morgan fingerprint density at radius 1 is 1.02 bits per heavy atom. The highest BCUT2D eigenvalue weighted by atomic mass is 16.5. The van der Waals surface area contributed by atoms with E-state index >= 15 is 0 Å². The molecule has 2 aromatic rings. The number of benzene rings is 2. The monoisotopic (exact) mass is 596 g/mol. The van der Waals surface area contributed by atoms with Gasteiger partial charge in [0.25, 0.3) is 0 Å². The average Bonchev–Trinajstić information content (AvgIpc) is 3.27. The molecule has 7 nitrogen and oxygen atoms in total. The van der Waals surface area contributed by atoms with E-state index in [9.17, 15) is 19.7 Å². The van der Waals surface area contributed by atoms with Crippen LogP contribution < -0.4 is 0 Å². The fourth-order valence-electron chi connectivity index (χ4n) is 8.15. The van der Waals surface area contributed by atoms with Gasteiger partial charge < -0.3 is 14.8 Å². The maximum absolute atomic E-state index is 14.2. The van der Waals surface area contributed by atoms with Gasteiger partial charge in [0.2, 0.25) is 11.8 Å². The number of fused-ring (bicyclic) bond motifs is 3. The first kappa shape index (κ1) is 30.8. The fourth-order valence-corrected chi connectivity index (χ4v) is 8.15. The molecular weight excluding hydrogens is 551 g/mol. The minimum atomic E-state index is -0.949. The van der Waals surface area contributed by atoms with Crippen molar-refractivity contribution < 1.29 is 24.4 Å². The van der Waals surface area contributed by atoms with Gasteiger partial charge in [0.05, 0.1) is 17.9 Å². The van der Waals surface area contributed by atoms with E-state index in [1.807, 2.05) is 18.2 Å². The Morgan fingerprint density at radius 2 is 1.75 bits per heavy atom. The number of imide groups is 1. The van der Waals surface area contributed by atoms with Crippen LogP contribution in [0.2, 0.25) is 6.32 Å². The molecule has 44 heavy (non-hydrogen) atoms. The molecule has 0 bridgehead atoms. The van der Waals surface area contributed by atoms with E-state index in [0.717, 1.165) is 57.3 Å². The van der Waals surface area contributed by atoms with Crippen LogP contribution in [0.15, 0.2) is 71.3 Å². The van der Waals surface area contributed by atoms with Crippen molar-refractivity contribution in [3.05, 3.63) is 82.4 Å². The van der Waals surface area contributed by atoms with Crippen molar-refractivity contribution in [2.24, 2.45) is 17.8 Å². The first-order valence-corrected chi connectivity index (χ1v) is 16.5. The summed E-state index contributed by atoms with van der Waals surface area (Å²) in [5, 5.41) is 20.5. The van der Waals surface area contributed by atoms with Crippen LogP contribution in [0.1, 0.15) is 69.9 Å². The van der Waals surface area contributed by atoms with Crippen LogP contribution in [0.3, 0.4) is 0 Å². The summed E-state index contributed by atoms with van der Waals surface area (Å²) in [5.74, 6) is -0.689. The summed E-state index contributed by atoms with van der Waals surface area (Å²) in [7, 11) is -0.949. The second-order valence-electron chi connectivity index (χ2n) is 13.2. The quantitative estimate of drug-likeness (QED) is 0.215. The molecule has 232 valence electrons. The van der Waals surface area contributed by atoms with Crippen molar-refractivity contribution in [3.8, 4) is 5.75 Å². The molecule has 4 aliphatic rings. The number of carbonyl (C=O) groups excluding carboxylic acids is 2. The van der Waals surface area contributed by atoms with Crippen molar-refractivity contribution in [2.45, 2.75) is 83.8 Å². The number of nitrogens with zero attached hydrogens (tertiary/aromatic N) is 2. The summed E-state index contributed by atoms with van der Waals surface area (Å²) in [6, 6.07) is 17.5. The summed E-state index contributed by atoms with van der Waals surface area (Å²) < 4.78 is 6.19. The largest absolute Gasteiger partial charge is 0.508 e. The number of phenols is 1. The summed E-state index contributed by atoms with van der Waals surface area (Å²) in [6.07, 6.45) is 7.76. The minimum absolute atomic E-state index is 0.000584. The van der Waals surface area contributed by atoms with Gasteiger partial charge in [0.15, 0.2) is 0 Å². The summed E-state index contributed by atoms with van der Waals surface area (Å²) in [6.45, 7) is 6.87. The number of hydrogen-bond acceptors (Lipinski definition) is 6. The molecule has 0 radical (unpaired) electrons. The molecule has 2 N–H and O–H groups in total. The van der Waals surface area contributed by atoms with Gasteiger partial charge in [-0.1, -0.05) is 73.0 Å². The molecule has 3 saturated heterocycles. The van der Waals surface area contributed by atoms with E-state index in [0.29, 0.717) is 19.2 Å². The molecule has 0 spiro atoms. The predicted molar refractivity (Wildman–Crippen MR) is 172 cm³/mol. The molecule has 0 saturated carbocycles. The van der Waals surface area contributed by atoms with Gasteiger partial charge in [-0.3, -0.25) is 19.4 Å². The zero-order valence-electron chi connectivity index (χ0n) is 26.0. The highest BCUT2D eigenvalue weighted by Crippen LogP contribution is 2.52. The standard InChI is InChI=1S/C36H45BN2O5/c1-3-7-27-21-30-34(36(42)39(35(30)41)28-16-18-38(19-17-28)23-26-8-5-4-6-9-26)31-22-37(43)44-32(33(27)31)15-10-24(2)20-25-11-13-29(40)14-12-25/h4-6,8-9,11-14,20,28,30-32,34,40,43H,3,7,10,15-19,21-23H2,1-2H3/b24-20+/t30-,31+,32-,34-/m1/s1. The zero-order valence-corrected chi connectivity index (χ0v) is 26.0. The van der Waals surface area contributed by atoms with Gasteiger partial charge in [-0.05, 0) is 86.5 Å². The molecule has 8 heteroatoms. The Bertz CT molecular complexity index is 1400. The van der Waals surface area contributed by atoms with Crippen molar-refractivity contribution in [2.75, 3.05) is 13.1 Å². The van der Waals surface area contributed by atoms with Crippen molar-refractivity contribution in [1.29, 1.82) is 0 Å². The van der Waals surface area contributed by atoms with Crippen molar-refractivity contribution >= 4 is 25.0 Å². The molecule has 0 unspecified atom stereocenters. The lowest BCUT2D eigenvalue weighted by Crippen LogP contribution is -2.48. The maximum Gasteiger partial charge on any atom is 0.455 e. The molecule has 0 aromatic heterocycles. The predicted octanol–water partition coefficient (Wildman–Crippen LogP) is 5.84. The lowest BCUT2D eigenvalue weighted by atomic mass is 9.58. The molecule has 1 aliphatic carbocycles. The van der Waals surface area contributed by atoms with Crippen LogP contribution in [0, 0.1) is 17.8 Å². The maximum atomic E-state index is 14.2. The van der Waals surface area contributed by atoms with Crippen molar-refractivity contribution in [3.63, 3.8) is 0 Å². The first-order chi connectivity index (χ1) is 21.3. The van der Waals surface area contributed by atoms with Crippen LogP contribution in [-0.4, -0.2) is 64.1 Å². The third kappa shape index (κ3) is 6.44. The Balaban J connectivity index is 1.17. The smallest absolute Gasteiger partial charge is 0.455 e. The summed E-state index contributed by atoms with van der Waals surface area (Å²) >= 11 is 0. The van der Waals surface area contributed by atoms with Crippen LogP contribution >= 0.6 is 0 Å². The van der Waals surface area contributed by atoms with Crippen LogP contribution in [-0.2, 0) is 20.8 Å². The third-order valence-corrected chi connectivity index (χ3v) is 10.2. The number of aromatic hydroxyl groups is 1. The number of rotatable bonds is 9. The van der Waals surface area contributed by atoms with Gasteiger partial charge in [-0.15, -0.1) is 0 Å². The molecule has 4 atom stereocenters. The van der Waals surface area contributed by atoms with Crippen LogP contribution in [0.25, 0.3) is 6.08 Å². The average molecular weight is 597 g/mol. The number of likely N-dealkylation sites (tertiary alicyclic amines) is 2. The van der Waals surface area contributed by atoms with Crippen molar-refractivity contribution in [1.82, 2.24) is 9.80 Å². The second-order valence-corrected chi connectivity index (χ2v) is 13.2. The number of piperidine rings is 1. The normalized spacial score (nSPS) is 26.8. The summed E-state index contributed by atoms with van der Waals surface area (Å²) in [4.78, 5) is 32.2. The third-order valence-electron chi connectivity index (χ3n) is 10.2. The number of hydrogen-bond donors (Lipinski definition) is 2. The Kier molecular flexibility index (Phi) is 9.41.